The number of nitrogens with zero attached hydrogens (tertiary/aromatic N) is 3. The van der Waals surface area contributed by atoms with E-state index in [1.54, 1.807) is 13.2 Å². The molecule has 158 valence electrons. The zero-order chi connectivity index (χ0) is 21.8. The molecule has 0 aliphatic carbocycles. The lowest BCUT2D eigenvalue weighted by Gasteiger charge is -2.05. The van der Waals surface area contributed by atoms with E-state index in [1.165, 1.54) is 4.52 Å². The molecule has 4 aromatic rings. The van der Waals surface area contributed by atoms with Crippen molar-refractivity contribution in [2.75, 3.05) is 13.7 Å². The Morgan fingerprint density at radius 1 is 1.03 bits per heavy atom. The molecule has 0 saturated heterocycles. The average molecular weight is 436 g/mol. The fraction of sp³-hybridized carbons (Fsp3) is 0.217. The van der Waals surface area contributed by atoms with E-state index in [4.69, 9.17) is 9.47 Å². The van der Waals surface area contributed by atoms with Gasteiger partial charge in [0.25, 0.3) is 11.1 Å². The molecular weight excluding hydrogens is 414 g/mol. The highest BCUT2D eigenvalue weighted by atomic mass is 32.1. The van der Waals surface area contributed by atoms with Gasteiger partial charge >= 0.3 is 0 Å². The highest BCUT2D eigenvalue weighted by Crippen LogP contribution is 2.14. The van der Waals surface area contributed by atoms with Crippen molar-refractivity contribution in [3.8, 4) is 11.5 Å². The topological polar surface area (TPSA) is 82.8 Å². The first-order chi connectivity index (χ1) is 15.1. The van der Waals surface area contributed by atoms with E-state index < -0.39 is 5.56 Å². The van der Waals surface area contributed by atoms with Crippen LogP contribution in [0.15, 0.2) is 58.1 Å². The number of methoxy groups -OCH3 is 1. The van der Waals surface area contributed by atoms with Gasteiger partial charge in [-0.2, -0.15) is 14.6 Å². The number of benzene rings is 2. The Hall–Kier alpha value is -3.52. The van der Waals surface area contributed by atoms with Gasteiger partial charge in [-0.15, -0.1) is 0 Å². The standard InChI is InChI=1S/C23H21N3O4S/c1-3-12-30-18-10-6-15(7-11-18)13-19-21(27)24-23-26(25-19)22(28)20(31-23)14-16-4-8-17(29-2)9-5-16/h4-11,14H,3,12-13H2,1-2H3. The third-order valence-corrected chi connectivity index (χ3v) is 5.59. The molecular formula is C23H21N3O4S. The van der Waals surface area contributed by atoms with Gasteiger partial charge in [0.15, 0.2) is 0 Å². The van der Waals surface area contributed by atoms with Crippen molar-refractivity contribution < 1.29 is 9.47 Å². The van der Waals surface area contributed by atoms with Crippen molar-refractivity contribution in [2.24, 2.45) is 0 Å². The fourth-order valence-electron chi connectivity index (χ4n) is 3.02. The average Bonchev–Trinajstić information content (AvgIpc) is 3.08. The Morgan fingerprint density at radius 3 is 2.42 bits per heavy atom. The summed E-state index contributed by atoms with van der Waals surface area (Å²) in [6.45, 7) is 2.70. The zero-order valence-electron chi connectivity index (χ0n) is 17.2. The number of aromatic nitrogens is 3. The van der Waals surface area contributed by atoms with Crippen LogP contribution >= 0.6 is 11.3 Å². The van der Waals surface area contributed by atoms with Crippen molar-refractivity contribution in [1.29, 1.82) is 0 Å². The van der Waals surface area contributed by atoms with Crippen LogP contribution in [0.2, 0.25) is 0 Å². The molecule has 31 heavy (non-hydrogen) atoms. The maximum Gasteiger partial charge on any atom is 0.296 e. The van der Waals surface area contributed by atoms with Crippen LogP contribution in [0.1, 0.15) is 30.2 Å². The first-order valence-corrected chi connectivity index (χ1v) is 10.7. The van der Waals surface area contributed by atoms with Gasteiger partial charge in [-0.25, -0.2) is 0 Å². The molecule has 0 fully saturated rings. The second kappa shape index (κ2) is 9.09. The maximum absolute atomic E-state index is 12.8. The van der Waals surface area contributed by atoms with E-state index in [0.717, 1.165) is 40.4 Å². The van der Waals surface area contributed by atoms with E-state index in [9.17, 15) is 9.59 Å². The lowest BCUT2D eigenvalue weighted by molar-refractivity contribution is 0.317. The lowest BCUT2D eigenvalue weighted by atomic mass is 10.1. The minimum Gasteiger partial charge on any atom is -0.497 e. The third-order valence-electron chi connectivity index (χ3n) is 4.63. The number of fused-ring (bicyclic) bond motifs is 1. The van der Waals surface area contributed by atoms with Crippen molar-refractivity contribution in [1.82, 2.24) is 14.6 Å². The number of hydrogen-bond donors (Lipinski definition) is 0. The monoisotopic (exact) mass is 435 g/mol. The lowest BCUT2D eigenvalue weighted by Crippen LogP contribution is -2.28. The van der Waals surface area contributed by atoms with Crippen molar-refractivity contribution in [2.45, 2.75) is 19.8 Å². The smallest absolute Gasteiger partial charge is 0.296 e. The van der Waals surface area contributed by atoms with Crippen LogP contribution in [-0.4, -0.2) is 28.3 Å². The number of rotatable bonds is 7. The molecule has 4 rings (SSSR count). The Bertz CT molecular complexity index is 1360. The highest BCUT2D eigenvalue weighted by Gasteiger charge is 2.12. The van der Waals surface area contributed by atoms with Crippen molar-refractivity contribution in [3.63, 3.8) is 0 Å². The third kappa shape index (κ3) is 4.64. The van der Waals surface area contributed by atoms with Gasteiger partial charge in [0.05, 0.1) is 18.2 Å². The molecule has 8 heteroatoms. The molecule has 0 N–H and O–H groups in total. The van der Waals surface area contributed by atoms with Crippen molar-refractivity contribution >= 4 is 22.4 Å². The number of thiazole rings is 1. The normalized spacial score (nSPS) is 11.7. The van der Waals surface area contributed by atoms with Gasteiger partial charge in [-0.1, -0.05) is 42.5 Å². The largest absolute Gasteiger partial charge is 0.497 e. The van der Waals surface area contributed by atoms with E-state index in [2.05, 4.69) is 10.1 Å². The first-order valence-electron chi connectivity index (χ1n) is 9.87. The Kier molecular flexibility index (Phi) is 6.08. The highest BCUT2D eigenvalue weighted by molar-refractivity contribution is 7.15. The quantitative estimate of drug-likeness (QED) is 0.444. The summed E-state index contributed by atoms with van der Waals surface area (Å²) in [6.07, 6.45) is 2.97. The minimum absolute atomic E-state index is 0.227. The second-order valence-corrected chi connectivity index (χ2v) is 7.93. The summed E-state index contributed by atoms with van der Waals surface area (Å²) < 4.78 is 12.4. The fourth-order valence-corrected chi connectivity index (χ4v) is 3.92. The maximum atomic E-state index is 12.8. The summed E-state index contributed by atoms with van der Waals surface area (Å²) >= 11 is 1.14. The van der Waals surface area contributed by atoms with E-state index >= 15 is 0 Å². The van der Waals surface area contributed by atoms with Gasteiger partial charge in [-0.05, 0) is 47.9 Å². The summed E-state index contributed by atoms with van der Waals surface area (Å²) in [5.41, 5.74) is 1.24. The Balaban J connectivity index is 1.65. The minimum atomic E-state index is -0.427. The molecule has 0 unspecified atom stereocenters. The molecule has 0 atom stereocenters. The molecule has 0 amide bonds. The van der Waals surface area contributed by atoms with Crippen LogP contribution in [-0.2, 0) is 6.42 Å². The second-order valence-electron chi connectivity index (χ2n) is 6.92. The molecule has 0 aliphatic rings. The van der Waals surface area contributed by atoms with Crippen LogP contribution in [0.4, 0.5) is 0 Å². The molecule has 0 aliphatic heterocycles. The van der Waals surface area contributed by atoms with Crippen LogP contribution in [0.5, 0.6) is 11.5 Å². The Labute approximate surface area is 182 Å². The van der Waals surface area contributed by atoms with Crippen molar-refractivity contribution in [3.05, 3.63) is 90.6 Å². The molecule has 0 bridgehead atoms. The van der Waals surface area contributed by atoms with Crippen LogP contribution in [0.25, 0.3) is 11.0 Å². The first kappa shape index (κ1) is 20.7. The Morgan fingerprint density at radius 2 is 1.74 bits per heavy atom. The van der Waals surface area contributed by atoms with Gasteiger partial charge in [-0.3, -0.25) is 9.59 Å². The van der Waals surface area contributed by atoms with Gasteiger partial charge < -0.3 is 9.47 Å². The predicted octanol–water partition coefficient (Wildman–Crippen LogP) is 2.45. The molecule has 2 heterocycles. The predicted molar refractivity (Wildman–Crippen MR) is 120 cm³/mol. The zero-order valence-corrected chi connectivity index (χ0v) is 18.0. The van der Waals surface area contributed by atoms with Gasteiger partial charge in [0, 0.05) is 6.42 Å². The molecule has 0 spiro atoms. The number of hydrogen-bond acceptors (Lipinski definition) is 7. The molecule has 0 radical (unpaired) electrons. The van der Waals surface area contributed by atoms with Crippen LogP contribution in [0.3, 0.4) is 0 Å². The summed E-state index contributed by atoms with van der Waals surface area (Å²) in [4.78, 5) is 29.6. The molecule has 2 aromatic heterocycles. The van der Waals surface area contributed by atoms with Gasteiger partial charge in [0.2, 0.25) is 4.96 Å². The molecule has 2 aromatic carbocycles. The van der Waals surface area contributed by atoms with Gasteiger partial charge in [0.1, 0.15) is 17.2 Å². The van der Waals surface area contributed by atoms with E-state index in [1.807, 2.05) is 55.5 Å². The molecule has 7 nitrogen and oxygen atoms in total. The SMILES string of the molecule is CCCOc1ccc(Cc2nn3c(=O)c(=Cc4ccc(OC)cc4)sc3nc2=O)cc1. The summed E-state index contributed by atoms with van der Waals surface area (Å²) in [6, 6.07) is 14.8. The summed E-state index contributed by atoms with van der Waals surface area (Å²) in [7, 11) is 1.60. The summed E-state index contributed by atoms with van der Waals surface area (Å²) in [5, 5.41) is 4.30. The van der Waals surface area contributed by atoms with Crippen LogP contribution in [0, 0.1) is 0 Å². The van der Waals surface area contributed by atoms with E-state index in [-0.39, 0.29) is 22.6 Å². The van der Waals surface area contributed by atoms with E-state index in [0.29, 0.717) is 11.1 Å². The summed E-state index contributed by atoms with van der Waals surface area (Å²) in [5.74, 6) is 1.52. The van der Waals surface area contributed by atoms with Crippen LogP contribution < -0.4 is 25.1 Å². The number of ether oxygens (including phenoxy) is 2. The molecule has 0 saturated carbocycles.